The number of ether oxygens (including phenoxy) is 1. The molecule has 3 nitrogen and oxygen atoms in total. The maximum atomic E-state index is 13.2. The normalized spacial score (nSPS) is 16.2. The van der Waals surface area contributed by atoms with E-state index in [9.17, 15) is 4.79 Å². The van der Waals surface area contributed by atoms with Crippen LogP contribution in [0.2, 0.25) is 0 Å². The highest BCUT2D eigenvalue weighted by atomic mass is 16.5. The summed E-state index contributed by atoms with van der Waals surface area (Å²) in [5, 5.41) is 3.14. The lowest BCUT2D eigenvalue weighted by Crippen LogP contribution is -2.42. The smallest absolute Gasteiger partial charge is 0.235 e. The molecule has 0 saturated heterocycles. The molecule has 1 N–H and O–H groups in total. The van der Waals surface area contributed by atoms with E-state index < -0.39 is 5.41 Å². The maximum absolute atomic E-state index is 13.2. The second-order valence-electron chi connectivity index (χ2n) is 6.92. The van der Waals surface area contributed by atoms with E-state index in [0.717, 1.165) is 42.7 Å². The van der Waals surface area contributed by atoms with Crippen molar-refractivity contribution in [3.8, 4) is 5.75 Å². The summed E-state index contributed by atoms with van der Waals surface area (Å²) in [4.78, 5) is 13.2. The van der Waals surface area contributed by atoms with Gasteiger partial charge >= 0.3 is 0 Å². The van der Waals surface area contributed by atoms with E-state index in [4.69, 9.17) is 4.74 Å². The molecule has 1 aliphatic rings. The van der Waals surface area contributed by atoms with Gasteiger partial charge in [-0.2, -0.15) is 0 Å². The number of nitrogens with one attached hydrogen (secondary N) is 1. The number of hydrogen-bond donors (Lipinski definition) is 1. The second kappa shape index (κ2) is 7.73. The molecule has 3 rings (SSSR count). The predicted octanol–water partition coefficient (Wildman–Crippen LogP) is 5.23. The molecule has 2 aromatic rings. The fourth-order valence-corrected chi connectivity index (χ4v) is 3.73. The first-order valence-electron chi connectivity index (χ1n) is 9.25. The van der Waals surface area contributed by atoms with E-state index in [1.54, 1.807) is 0 Å². The van der Waals surface area contributed by atoms with Crippen molar-refractivity contribution >= 4 is 11.6 Å². The van der Waals surface area contributed by atoms with Crippen LogP contribution in [0.1, 0.15) is 50.2 Å². The van der Waals surface area contributed by atoms with Crippen LogP contribution in [0.5, 0.6) is 5.75 Å². The molecule has 3 heteroatoms. The van der Waals surface area contributed by atoms with Crippen molar-refractivity contribution in [3.63, 3.8) is 0 Å². The number of carbonyl (C=O) groups excluding carboxylic acids is 1. The number of hydrogen-bond acceptors (Lipinski definition) is 2. The van der Waals surface area contributed by atoms with Gasteiger partial charge in [0.2, 0.25) is 5.91 Å². The predicted molar refractivity (Wildman–Crippen MR) is 102 cm³/mol. The van der Waals surface area contributed by atoms with Crippen LogP contribution in [-0.4, -0.2) is 12.5 Å². The Morgan fingerprint density at radius 1 is 1.00 bits per heavy atom. The van der Waals surface area contributed by atoms with Crippen LogP contribution in [0.25, 0.3) is 0 Å². The lowest BCUT2D eigenvalue weighted by molar-refractivity contribution is -0.122. The second-order valence-corrected chi connectivity index (χ2v) is 6.92. The summed E-state index contributed by atoms with van der Waals surface area (Å²) in [5.41, 5.74) is 2.78. The van der Waals surface area contributed by atoms with Gasteiger partial charge in [-0.05, 0) is 56.5 Å². The summed E-state index contributed by atoms with van der Waals surface area (Å²) >= 11 is 0. The average molecular weight is 337 g/mol. The van der Waals surface area contributed by atoms with Crippen molar-refractivity contribution in [2.45, 2.75) is 51.4 Å². The van der Waals surface area contributed by atoms with E-state index in [1.165, 1.54) is 12.0 Å². The molecule has 0 radical (unpaired) electrons. The van der Waals surface area contributed by atoms with Crippen molar-refractivity contribution in [1.82, 2.24) is 0 Å². The highest BCUT2D eigenvalue weighted by Gasteiger charge is 2.41. The van der Waals surface area contributed by atoms with Crippen LogP contribution in [0.4, 0.5) is 5.69 Å². The third-order valence-electron chi connectivity index (χ3n) is 5.17. The van der Waals surface area contributed by atoms with Crippen molar-refractivity contribution < 1.29 is 9.53 Å². The number of rotatable bonds is 5. The molecule has 1 amide bonds. The average Bonchev–Trinajstić information content (AvgIpc) is 2.64. The molecule has 1 saturated carbocycles. The summed E-state index contributed by atoms with van der Waals surface area (Å²) in [6, 6.07) is 16.1. The third-order valence-corrected chi connectivity index (χ3v) is 5.17. The fraction of sp³-hybridized carbons (Fsp3) is 0.409. The Balaban J connectivity index is 1.83. The van der Waals surface area contributed by atoms with Gasteiger partial charge in [-0.25, -0.2) is 0 Å². The van der Waals surface area contributed by atoms with Crippen LogP contribution in [-0.2, 0) is 10.2 Å². The van der Waals surface area contributed by atoms with Crippen molar-refractivity contribution in [3.05, 3.63) is 59.7 Å². The number of aryl methyl sites for hydroxylation is 1. The Morgan fingerprint density at radius 3 is 2.24 bits per heavy atom. The Hall–Kier alpha value is -2.29. The molecule has 132 valence electrons. The van der Waals surface area contributed by atoms with Gasteiger partial charge in [-0.1, -0.05) is 49.1 Å². The summed E-state index contributed by atoms with van der Waals surface area (Å²) < 4.78 is 5.47. The van der Waals surface area contributed by atoms with Crippen molar-refractivity contribution in [1.29, 1.82) is 0 Å². The quantitative estimate of drug-likeness (QED) is 0.811. The molecule has 2 aromatic carbocycles. The van der Waals surface area contributed by atoms with E-state index in [-0.39, 0.29) is 5.91 Å². The monoisotopic (exact) mass is 337 g/mol. The zero-order chi connectivity index (χ0) is 17.7. The van der Waals surface area contributed by atoms with Gasteiger partial charge in [0, 0.05) is 5.69 Å². The first-order valence-corrected chi connectivity index (χ1v) is 9.25. The minimum atomic E-state index is -0.412. The molecule has 25 heavy (non-hydrogen) atoms. The Kier molecular flexibility index (Phi) is 5.42. The Labute approximate surface area is 150 Å². The Bertz CT molecular complexity index is 698. The molecule has 0 aromatic heterocycles. The van der Waals surface area contributed by atoms with Gasteiger partial charge < -0.3 is 10.1 Å². The molecule has 1 aliphatic carbocycles. The van der Waals surface area contributed by atoms with E-state index in [0.29, 0.717) is 6.61 Å². The SMILES string of the molecule is CCOc1ccc(NC(=O)C2(c3ccc(C)cc3)CCCCC2)cc1. The lowest BCUT2D eigenvalue weighted by Gasteiger charge is -2.36. The molecule has 0 heterocycles. The topological polar surface area (TPSA) is 38.3 Å². The number of benzene rings is 2. The van der Waals surface area contributed by atoms with Gasteiger partial charge in [0.25, 0.3) is 0 Å². The van der Waals surface area contributed by atoms with Crippen LogP contribution in [0.15, 0.2) is 48.5 Å². The van der Waals surface area contributed by atoms with Gasteiger partial charge in [0.05, 0.1) is 12.0 Å². The lowest BCUT2D eigenvalue weighted by atomic mass is 9.68. The highest BCUT2D eigenvalue weighted by molar-refractivity contribution is 5.99. The first-order chi connectivity index (χ1) is 12.1. The molecule has 0 bridgehead atoms. The number of anilines is 1. The maximum Gasteiger partial charge on any atom is 0.235 e. The van der Waals surface area contributed by atoms with Crippen molar-refractivity contribution in [2.24, 2.45) is 0 Å². The van der Waals surface area contributed by atoms with E-state index >= 15 is 0 Å². The fourth-order valence-electron chi connectivity index (χ4n) is 3.73. The number of amides is 1. The zero-order valence-corrected chi connectivity index (χ0v) is 15.2. The summed E-state index contributed by atoms with van der Waals surface area (Å²) in [6.45, 7) is 4.68. The summed E-state index contributed by atoms with van der Waals surface area (Å²) in [7, 11) is 0. The highest BCUT2D eigenvalue weighted by Crippen LogP contribution is 2.40. The molecule has 0 spiro atoms. The molecule has 0 unspecified atom stereocenters. The van der Waals surface area contributed by atoms with Gasteiger partial charge in [-0.3, -0.25) is 4.79 Å². The summed E-state index contributed by atoms with van der Waals surface area (Å²) in [6.07, 6.45) is 5.25. The van der Waals surface area contributed by atoms with Crippen LogP contribution >= 0.6 is 0 Å². The van der Waals surface area contributed by atoms with Gasteiger partial charge in [0.1, 0.15) is 5.75 Å². The largest absolute Gasteiger partial charge is 0.494 e. The zero-order valence-electron chi connectivity index (χ0n) is 15.2. The minimum absolute atomic E-state index is 0.111. The minimum Gasteiger partial charge on any atom is -0.494 e. The third kappa shape index (κ3) is 3.87. The van der Waals surface area contributed by atoms with E-state index in [1.807, 2.05) is 31.2 Å². The molecular formula is C22H27NO2. The molecule has 1 fully saturated rings. The van der Waals surface area contributed by atoms with E-state index in [2.05, 4.69) is 36.5 Å². The molecule has 0 atom stereocenters. The standard InChI is InChI=1S/C22H27NO2/c1-3-25-20-13-11-19(12-14-20)23-21(24)22(15-5-4-6-16-22)18-9-7-17(2)8-10-18/h7-14H,3-6,15-16H2,1-2H3,(H,23,24). The van der Waals surface area contributed by atoms with Crippen molar-refractivity contribution in [2.75, 3.05) is 11.9 Å². The van der Waals surface area contributed by atoms with Crippen LogP contribution < -0.4 is 10.1 Å². The van der Waals surface area contributed by atoms with Crippen LogP contribution in [0.3, 0.4) is 0 Å². The summed E-state index contributed by atoms with van der Waals surface area (Å²) in [5.74, 6) is 0.937. The molecular weight excluding hydrogens is 310 g/mol. The van der Waals surface area contributed by atoms with Gasteiger partial charge in [0.15, 0.2) is 0 Å². The van der Waals surface area contributed by atoms with Gasteiger partial charge in [-0.15, -0.1) is 0 Å². The molecule has 0 aliphatic heterocycles. The first kappa shape index (κ1) is 17.5. The van der Waals surface area contributed by atoms with Crippen LogP contribution in [0, 0.1) is 6.92 Å². The Morgan fingerprint density at radius 2 is 1.64 bits per heavy atom. The number of carbonyl (C=O) groups is 1.